The average molecular weight is 643 g/mol. The van der Waals surface area contributed by atoms with Gasteiger partial charge in [0, 0.05) is 32.9 Å². The largest absolute Gasteiger partial charge is 0.481 e. The Labute approximate surface area is 263 Å². The predicted molar refractivity (Wildman–Crippen MR) is 156 cm³/mol. The number of carbonyl (C=O) groups excluding carboxylic acids is 5. The van der Waals surface area contributed by atoms with Crippen LogP contribution in [0, 0.1) is 5.41 Å². The second-order valence-electron chi connectivity index (χ2n) is 11.0. The van der Waals surface area contributed by atoms with E-state index in [9.17, 15) is 28.8 Å². The van der Waals surface area contributed by atoms with E-state index in [4.69, 9.17) is 33.6 Å². The van der Waals surface area contributed by atoms with Crippen LogP contribution in [0.15, 0.2) is 12.2 Å². The SMILES string of the molecule is CN(CC(=O)CCCOCCOCCOCCOCCC(=O)O)C(=O)O[C@@H]1/C=C/CC[C@](C)(C(=O)ON2C(=O)CCC2=O)CC1. The number of rotatable bonds is 21. The van der Waals surface area contributed by atoms with Gasteiger partial charge in [-0.2, -0.15) is 0 Å². The van der Waals surface area contributed by atoms with Gasteiger partial charge in [0.05, 0.1) is 64.6 Å². The molecule has 2 atom stereocenters. The number of hydrogen-bond acceptors (Lipinski definition) is 12. The minimum absolute atomic E-state index is 0.0138. The van der Waals surface area contributed by atoms with Gasteiger partial charge in [-0.25, -0.2) is 9.59 Å². The van der Waals surface area contributed by atoms with Gasteiger partial charge in [0.15, 0.2) is 5.78 Å². The number of carboxylic acids is 1. The Hall–Kier alpha value is -3.40. The number of carbonyl (C=O) groups is 6. The van der Waals surface area contributed by atoms with E-state index >= 15 is 0 Å². The summed E-state index contributed by atoms with van der Waals surface area (Å²) in [5.74, 6) is -2.81. The molecule has 1 N–H and O–H groups in total. The van der Waals surface area contributed by atoms with Crippen LogP contribution in [-0.2, 0) is 52.5 Å². The molecule has 15 nitrogen and oxygen atoms in total. The standard InChI is InChI=1S/C30H46N2O13/c1-30(28(38)45-32-25(34)8-9-26(32)35)12-4-3-7-24(10-13-30)44-29(39)31(2)22-23(33)6-5-14-40-16-18-42-20-21-43-19-17-41-15-11-27(36)37/h3,7,24H,4-6,8-22H2,1-2H3,(H,36,37)/b7-3+/t24-,30+/m1/s1. The van der Waals surface area contributed by atoms with Crippen LogP contribution < -0.4 is 0 Å². The minimum atomic E-state index is -0.981. The molecule has 2 aliphatic rings. The van der Waals surface area contributed by atoms with Crippen LogP contribution >= 0.6 is 0 Å². The normalized spacial score (nSPS) is 20.8. The fourth-order valence-corrected chi connectivity index (χ4v) is 4.41. The summed E-state index contributed by atoms with van der Waals surface area (Å²) in [5, 5.41) is 9.04. The van der Waals surface area contributed by atoms with Crippen molar-refractivity contribution in [1.82, 2.24) is 9.96 Å². The molecule has 3 amide bonds. The molecule has 1 aliphatic carbocycles. The molecular weight excluding hydrogens is 596 g/mol. The number of ketones is 1. The summed E-state index contributed by atoms with van der Waals surface area (Å²) in [6, 6.07) is 0. The average Bonchev–Trinajstić information content (AvgIpc) is 3.30. The smallest absolute Gasteiger partial charge is 0.410 e. The van der Waals surface area contributed by atoms with Crippen LogP contribution in [-0.4, -0.2) is 123 Å². The molecule has 1 fully saturated rings. The fourth-order valence-electron chi connectivity index (χ4n) is 4.41. The number of likely N-dealkylation sites (N-methyl/N-ethyl adjacent to an activating group) is 1. The van der Waals surface area contributed by atoms with Crippen molar-refractivity contribution < 1.29 is 62.4 Å². The topological polar surface area (TPSA) is 185 Å². The van der Waals surface area contributed by atoms with E-state index in [-0.39, 0.29) is 44.6 Å². The van der Waals surface area contributed by atoms with Crippen molar-refractivity contribution in [2.75, 3.05) is 66.4 Å². The molecule has 0 unspecified atom stereocenters. The first kappa shape index (κ1) is 37.8. The lowest BCUT2D eigenvalue weighted by atomic mass is 9.79. The number of hydroxylamine groups is 2. The summed E-state index contributed by atoms with van der Waals surface area (Å²) in [6.45, 7) is 4.25. The Morgan fingerprint density at radius 1 is 0.889 bits per heavy atom. The van der Waals surface area contributed by atoms with Crippen molar-refractivity contribution in [1.29, 1.82) is 0 Å². The summed E-state index contributed by atoms with van der Waals surface area (Å²) < 4.78 is 26.8. The zero-order chi connectivity index (χ0) is 33.1. The minimum Gasteiger partial charge on any atom is -0.481 e. The molecule has 1 heterocycles. The number of Topliss-reactive ketones (excluding diaryl/α,β-unsaturated/α-hetero) is 1. The van der Waals surface area contributed by atoms with Gasteiger partial charge in [-0.15, -0.1) is 5.06 Å². The van der Waals surface area contributed by atoms with E-state index in [1.165, 1.54) is 11.9 Å². The summed E-state index contributed by atoms with van der Waals surface area (Å²) >= 11 is 0. The van der Waals surface area contributed by atoms with Crippen LogP contribution in [0.5, 0.6) is 0 Å². The molecule has 2 rings (SSSR count). The van der Waals surface area contributed by atoms with Crippen LogP contribution in [0.3, 0.4) is 0 Å². The third kappa shape index (κ3) is 15.0. The number of amides is 3. The second-order valence-corrected chi connectivity index (χ2v) is 11.0. The van der Waals surface area contributed by atoms with E-state index in [0.29, 0.717) is 83.4 Å². The van der Waals surface area contributed by atoms with Gasteiger partial charge < -0.3 is 38.5 Å². The highest BCUT2D eigenvalue weighted by Gasteiger charge is 2.41. The quantitative estimate of drug-likeness (QED) is 0.109. The van der Waals surface area contributed by atoms with Gasteiger partial charge in [0.2, 0.25) is 0 Å². The molecule has 45 heavy (non-hydrogen) atoms. The molecule has 1 saturated heterocycles. The Morgan fingerprint density at radius 2 is 1.47 bits per heavy atom. The van der Waals surface area contributed by atoms with Crippen molar-refractivity contribution in [2.24, 2.45) is 5.41 Å². The predicted octanol–water partition coefficient (Wildman–Crippen LogP) is 2.06. The Kier molecular flexibility index (Phi) is 17.3. The van der Waals surface area contributed by atoms with Gasteiger partial charge in [-0.1, -0.05) is 6.08 Å². The van der Waals surface area contributed by atoms with Crippen molar-refractivity contribution >= 4 is 35.6 Å². The van der Waals surface area contributed by atoms with E-state index in [0.717, 1.165) is 0 Å². The lowest BCUT2D eigenvalue weighted by Crippen LogP contribution is -2.40. The molecule has 0 radical (unpaired) electrons. The van der Waals surface area contributed by atoms with Crippen molar-refractivity contribution in [3.8, 4) is 0 Å². The van der Waals surface area contributed by atoms with Gasteiger partial charge in [0.25, 0.3) is 11.8 Å². The molecule has 0 aromatic heterocycles. The summed E-state index contributed by atoms with van der Waals surface area (Å²) in [7, 11) is 1.47. The Morgan fingerprint density at radius 3 is 2.07 bits per heavy atom. The molecule has 0 spiro atoms. The summed E-state index contributed by atoms with van der Waals surface area (Å²) in [6.07, 6.45) is 4.55. The molecule has 0 bridgehead atoms. The van der Waals surface area contributed by atoms with E-state index in [1.54, 1.807) is 13.0 Å². The molecule has 0 saturated carbocycles. The van der Waals surface area contributed by atoms with Gasteiger partial charge in [-0.3, -0.25) is 19.2 Å². The third-order valence-electron chi connectivity index (χ3n) is 7.16. The number of carboxylic acid groups (broad SMARTS) is 1. The number of aliphatic carboxylic acids is 1. The number of allylic oxidation sites excluding steroid dienone is 1. The molecule has 254 valence electrons. The maximum absolute atomic E-state index is 12.9. The lowest BCUT2D eigenvalue weighted by Gasteiger charge is -2.31. The maximum Gasteiger partial charge on any atom is 0.410 e. The number of hydrogen-bond donors (Lipinski definition) is 1. The van der Waals surface area contributed by atoms with Gasteiger partial charge in [-0.05, 0) is 45.1 Å². The molecule has 1 aliphatic heterocycles. The summed E-state index contributed by atoms with van der Waals surface area (Å²) in [4.78, 5) is 78.2. The first-order valence-electron chi connectivity index (χ1n) is 15.2. The number of nitrogens with zero attached hydrogens (tertiary/aromatic N) is 2. The molecule has 0 aromatic carbocycles. The zero-order valence-electron chi connectivity index (χ0n) is 26.2. The molecule has 15 heteroatoms. The Balaban J connectivity index is 1.55. The van der Waals surface area contributed by atoms with Crippen LogP contribution in [0.25, 0.3) is 0 Å². The summed E-state index contributed by atoms with van der Waals surface area (Å²) in [5.41, 5.74) is -0.981. The van der Waals surface area contributed by atoms with Gasteiger partial charge in [0.1, 0.15) is 6.10 Å². The zero-order valence-corrected chi connectivity index (χ0v) is 26.2. The second kappa shape index (κ2) is 20.6. The monoisotopic (exact) mass is 642 g/mol. The van der Waals surface area contributed by atoms with Crippen molar-refractivity contribution in [2.45, 2.75) is 70.8 Å². The third-order valence-corrected chi connectivity index (χ3v) is 7.16. The molecule has 0 aromatic rings. The number of imide groups is 1. The highest BCUT2D eigenvalue weighted by molar-refractivity contribution is 6.01. The first-order chi connectivity index (χ1) is 21.5. The van der Waals surface area contributed by atoms with E-state index in [1.807, 2.05) is 6.08 Å². The highest BCUT2D eigenvalue weighted by Crippen LogP contribution is 2.35. The van der Waals surface area contributed by atoms with E-state index < -0.39 is 41.4 Å². The van der Waals surface area contributed by atoms with Crippen LogP contribution in [0.2, 0.25) is 0 Å². The van der Waals surface area contributed by atoms with Crippen molar-refractivity contribution in [3.63, 3.8) is 0 Å². The van der Waals surface area contributed by atoms with Crippen LogP contribution in [0.4, 0.5) is 4.79 Å². The molecular formula is C30H46N2O13. The van der Waals surface area contributed by atoms with Crippen molar-refractivity contribution in [3.05, 3.63) is 12.2 Å². The Bertz CT molecular complexity index is 1020. The lowest BCUT2D eigenvalue weighted by molar-refractivity contribution is -0.205. The first-order valence-corrected chi connectivity index (χ1v) is 15.2. The van der Waals surface area contributed by atoms with E-state index in [2.05, 4.69) is 0 Å². The number of ether oxygens (including phenoxy) is 5. The fraction of sp³-hybridized carbons (Fsp3) is 0.733. The van der Waals surface area contributed by atoms with Gasteiger partial charge >= 0.3 is 18.0 Å². The highest BCUT2D eigenvalue weighted by atomic mass is 16.7. The van der Waals surface area contributed by atoms with Crippen LogP contribution in [0.1, 0.15) is 64.7 Å². The maximum atomic E-state index is 12.9.